The average molecular weight is 242 g/mol. The summed E-state index contributed by atoms with van der Waals surface area (Å²) >= 11 is 0. The fourth-order valence-corrected chi connectivity index (χ4v) is 1.81. The lowest BCUT2D eigenvalue weighted by atomic mass is 10.1. The number of aliphatic hydroxyl groups excluding tert-OH is 1. The second-order valence-corrected chi connectivity index (χ2v) is 4.24. The van der Waals surface area contributed by atoms with Crippen LogP contribution in [0.15, 0.2) is 54.9 Å². The van der Waals surface area contributed by atoms with Gasteiger partial charge in [0.1, 0.15) is 0 Å². The summed E-state index contributed by atoms with van der Waals surface area (Å²) < 4.78 is 0. The van der Waals surface area contributed by atoms with Crippen LogP contribution in [0.1, 0.15) is 17.2 Å². The Hall–Kier alpha value is -1.71. The lowest BCUT2D eigenvalue weighted by Gasteiger charge is -2.12. The minimum atomic E-state index is -0.441. The summed E-state index contributed by atoms with van der Waals surface area (Å²) in [4.78, 5) is 3.98. The highest BCUT2D eigenvalue weighted by Gasteiger charge is 2.05. The molecule has 0 radical (unpaired) electrons. The van der Waals surface area contributed by atoms with E-state index >= 15 is 0 Å². The van der Waals surface area contributed by atoms with Gasteiger partial charge in [0.15, 0.2) is 0 Å². The minimum absolute atomic E-state index is 0.441. The summed E-state index contributed by atoms with van der Waals surface area (Å²) in [6, 6.07) is 13.7. The van der Waals surface area contributed by atoms with Crippen LogP contribution in [0.25, 0.3) is 0 Å². The van der Waals surface area contributed by atoms with Gasteiger partial charge in [-0.1, -0.05) is 30.3 Å². The Labute approximate surface area is 108 Å². The van der Waals surface area contributed by atoms with Gasteiger partial charge in [-0.25, -0.2) is 0 Å². The molecule has 0 aliphatic heterocycles. The number of nitrogens with one attached hydrogen (secondary N) is 1. The van der Waals surface area contributed by atoms with Crippen molar-refractivity contribution in [2.45, 2.75) is 12.5 Å². The maximum absolute atomic E-state index is 9.95. The van der Waals surface area contributed by atoms with Gasteiger partial charge in [0.05, 0.1) is 6.10 Å². The number of hydrogen-bond donors (Lipinski definition) is 2. The van der Waals surface area contributed by atoms with E-state index in [0.717, 1.165) is 18.5 Å². The van der Waals surface area contributed by atoms with Crippen molar-refractivity contribution in [1.82, 2.24) is 10.3 Å². The molecule has 0 saturated heterocycles. The standard InChI is InChI=1S/C15H18N2O/c18-15(14-4-2-1-3-5-14)12-17-11-8-13-6-9-16-10-7-13/h1-7,9-10,15,17-18H,8,11-12H2/t15-/m0/s1. The molecule has 18 heavy (non-hydrogen) atoms. The molecule has 0 aliphatic rings. The van der Waals surface area contributed by atoms with Crippen LogP contribution in [-0.4, -0.2) is 23.2 Å². The van der Waals surface area contributed by atoms with E-state index in [2.05, 4.69) is 10.3 Å². The van der Waals surface area contributed by atoms with E-state index in [1.807, 2.05) is 42.5 Å². The highest BCUT2D eigenvalue weighted by molar-refractivity contribution is 5.17. The highest BCUT2D eigenvalue weighted by atomic mass is 16.3. The highest BCUT2D eigenvalue weighted by Crippen LogP contribution is 2.10. The molecule has 94 valence electrons. The van der Waals surface area contributed by atoms with E-state index in [0.29, 0.717) is 6.54 Å². The first kappa shape index (κ1) is 12.7. The Morgan fingerprint density at radius 2 is 1.78 bits per heavy atom. The molecule has 1 atom stereocenters. The molecule has 2 N–H and O–H groups in total. The predicted molar refractivity (Wildman–Crippen MR) is 72.2 cm³/mol. The minimum Gasteiger partial charge on any atom is -0.387 e. The summed E-state index contributed by atoms with van der Waals surface area (Å²) in [6.45, 7) is 1.43. The van der Waals surface area contributed by atoms with Crippen LogP contribution in [0.4, 0.5) is 0 Å². The molecule has 3 heteroatoms. The molecule has 0 unspecified atom stereocenters. The molecule has 3 nitrogen and oxygen atoms in total. The van der Waals surface area contributed by atoms with Gasteiger partial charge in [0.2, 0.25) is 0 Å². The van der Waals surface area contributed by atoms with E-state index in [-0.39, 0.29) is 0 Å². The fourth-order valence-electron chi connectivity index (χ4n) is 1.81. The van der Waals surface area contributed by atoms with Crippen molar-refractivity contribution >= 4 is 0 Å². The smallest absolute Gasteiger partial charge is 0.0914 e. The fraction of sp³-hybridized carbons (Fsp3) is 0.267. The quantitative estimate of drug-likeness (QED) is 0.761. The monoisotopic (exact) mass is 242 g/mol. The van der Waals surface area contributed by atoms with E-state index < -0.39 is 6.10 Å². The number of hydrogen-bond acceptors (Lipinski definition) is 3. The molecule has 0 bridgehead atoms. The van der Waals surface area contributed by atoms with E-state index in [4.69, 9.17) is 0 Å². The van der Waals surface area contributed by atoms with Crippen LogP contribution in [0.5, 0.6) is 0 Å². The van der Waals surface area contributed by atoms with Crippen molar-refractivity contribution < 1.29 is 5.11 Å². The summed E-state index contributed by atoms with van der Waals surface area (Å²) in [7, 11) is 0. The largest absolute Gasteiger partial charge is 0.387 e. The summed E-state index contributed by atoms with van der Waals surface area (Å²) in [6.07, 6.45) is 4.11. The number of aliphatic hydroxyl groups is 1. The van der Waals surface area contributed by atoms with Crippen molar-refractivity contribution in [2.24, 2.45) is 0 Å². The molecule has 0 spiro atoms. The second kappa shape index (κ2) is 6.89. The van der Waals surface area contributed by atoms with Gasteiger partial charge in [0, 0.05) is 18.9 Å². The van der Waals surface area contributed by atoms with Gasteiger partial charge in [0.25, 0.3) is 0 Å². The Morgan fingerprint density at radius 1 is 1.06 bits per heavy atom. The average Bonchev–Trinajstić information content (AvgIpc) is 2.45. The third kappa shape index (κ3) is 3.95. The first-order valence-corrected chi connectivity index (χ1v) is 6.19. The maximum atomic E-state index is 9.95. The molecule has 0 fully saturated rings. The Balaban J connectivity index is 1.70. The number of benzene rings is 1. The molecular weight excluding hydrogens is 224 g/mol. The van der Waals surface area contributed by atoms with Crippen LogP contribution in [0.2, 0.25) is 0 Å². The third-order valence-corrected chi connectivity index (χ3v) is 2.86. The molecular formula is C15H18N2O. The predicted octanol–water partition coefficient (Wildman–Crippen LogP) is 1.95. The first-order valence-electron chi connectivity index (χ1n) is 6.19. The van der Waals surface area contributed by atoms with Crippen LogP contribution in [0.3, 0.4) is 0 Å². The van der Waals surface area contributed by atoms with Gasteiger partial charge in [-0.05, 0) is 36.2 Å². The maximum Gasteiger partial charge on any atom is 0.0914 e. The Kier molecular flexibility index (Phi) is 4.88. The van der Waals surface area contributed by atoms with Crippen molar-refractivity contribution in [3.63, 3.8) is 0 Å². The molecule has 1 aromatic heterocycles. The summed E-state index contributed by atoms with van der Waals surface area (Å²) in [5.74, 6) is 0. The number of pyridine rings is 1. The molecule has 2 aromatic rings. The zero-order valence-corrected chi connectivity index (χ0v) is 10.3. The zero-order valence-electron chi connectivity index (χ0n) is 10.3. The van der Waals surface area contributed by atoms with Gasteiger partial charge in [-0.3, -0.25) is 4.98 Å². The van der Waals surface area contributed by atoms with Crippen LogP contribution in [0, 0.1) is 0 Å². The van der Waals surface area contributed by atoms with Gasteiger partial charge in [-0.2, -0.15) is 0 Å². The second-order valence-electron chi connectivity index (χ2n) is 4.24. The molecule has 0 amide bonds. The van der Waals surface area contributed by atoms with Crippen LogP contribution in [-0.2, 0) is 6.42 Å². The molecule has 0 aliphatic carbocycles. The van der Waals surface area contributed by atoms with Crippen molar-refractivity contribution in [2.75, 3.05) is 13.1 Å². The number of rotatable bonds is 6. The Bertz CT molecular complexity index is 445. The molecule has 0 saturated carbocycles. The topological polar surface area (TPSA) is 45.1 Å². The molecule has 1 heterocycles. The summed E-state index contributed by atoms with van der Waals surface area (Å²) in [5.41, 5.74) is 2.21. The number of aromatic nitrogens is 1. The van der Waals surface area contributed by atoms with Crippen molar-refractivity contribution in [3.8, 4) is 0 Å². The molecule has 1 aromatic carbocycles. The lowest BCUT2D eigenvalue weighted by Crippen LogP contribution is -2.23. The van der Waals surface area contributed by atoms with E-state index in [1.165, 1.54) is 5.56 Å². The van der Waals surface area contributed by atoms with Gasteiger partial charge >= 0.3 is 0 Å². The normalized spacial score (nSPS) is 12.3. The zero-order chi connectivity index (χ0) is 12.6. The van der Waals surface area contributed by atoms with Gasteiger partial charge in [-0.15, -0.1) is 0 Å². The first-order chi connectivity index (χ1) is 8.86. The van der Waals surface area contributed by atoms with Crippen molar-refractivity contribution in [1.29, 1.82) is 0 Å². The van der Waals surface area contributed by atoms with Crippen LogP contribution >= 0.6 is 0 Å². The van der Waals surface area contributed by atoms with E-state index in [9.17, 15) is 5.11 Å². The van der Waals surface area contributed by atoms with Crippen molar-refractivity contribution in [3.05, 3.63) is 66.0 Å². The van der Waals surface area contributed by atoms with Gasteiger partial charge < -0.3 is 10.4 Å². The van der Waals surface area contributed by atoms with E-state index in [1.54, 1.807) is 12.4 Å². The summed E-state index contributed by atoms with van der Waals surface area (Å²) in [5, 5.41) is 13.2. The number of nitrogens with zero attached hydrogens (tertiary/aromatic N) is 1. The van der Waals surface area contributed by atoms with Crippen LogP contribution < -0.4 is 5.32 Å². The Morgan fingerprint density at radius 3 is 2.50 bits per heavy atom. The SMILES string of the molecule is O[C@@H](CNCCc1ccncc1)c1ccccc1. The molecule has 2 rings (SSSR count). The lowest BCUT2D eigenvalue weighted by molar-refractivity contribution is 0.175. The third-order valence-electron chi connectivity index (χ3n) is 2.86.